The SMILES string of the molecule is c1ccc2cc(-n3c4ccccc4c4cc(-c5ccc(N(c6cccc7oc8ccccc8c67)c6cccc7sc8ccccc8c67)cc5)ccc43)ccc2c1. The Balaban J connectivity index is 1.03. The van der Waals surface area contributed by atoms with Gasteiger partial charge in [-0.25, -0.2) is 0 Å². The Bertz CT molecular complexity index is 3380. The van der Waals surface area contributed by atoms with Gasteiger partial charge in [0, 0.05) is 47.7 Å². The van der Waals surface area contributed by atoms with Crippen LogP contribution in [0, 0.1) is 0 Å². The van der Waals surface area contributed by atoms with Crippen LogP contribution in [0.3, 0.4) is 0 Å². The third kappa shape index (κ3) is 4.70. The number of thiophene rings is 1. The maximum atomic E-state index is 6.42. The average molecular weight is 733 g/mol. The van der Waals surface area contributed by atoms with E-state index in [0.717, 1.165) is 39.0 Å². The van der Waals surface area contributed by atoms with Gasteiger partial charge in [-0.3, -0.25) is 0 Å². The van der Waals surface area contributed by atoms with Gasteiger partial charge in [0.1, 0.15) is 11.2 Å². The number of hydrogen-bond acceptors (Lipinski definition) is 3. The Morgan fingerprint density at radius 1 is 0.411 bits per heavy atom. The molecule has 12 aromatic rings. The summed E-state index contributed by atoms with van der Waals surface area (Å²) >= 11 is 1.85. The second-order valence-electron chi connectivity index (χ2n) is 14.5. The van der Waals surface area contributed by atoms with Crippen LogP contribution in [0.25, 0.3) is 91.5 Å². The van der Waals surface area contributed by atoms with Gasteiger partial charge < -0.3 is 13.9 Å². The smallest absolute Gasteiger partial charge is 0.137 e. The quantitative estimate of drug-likeness (QED) is 0.176. The molecule has 0 atom stereocenters. The first-order chi connectivity index (χ1) is 27.8. The topological polar surface area (TPSA) is 21.3 Å². The van der Waals surface area contributed by atoms with E-state index >= 15 is 0 Å². The van der Waals surface area contributed by atoms with E-state index < -0.39 is 0 Å². The number of rotatable bonds is 5. The summed E-state index contributed by atoms with van der Waals surface area (Å²) in [6.07, 6.45) is 0. The summed E-state index contributed by atoms with van der Waals surface area (Å²) in [5, 5.41) is 9.72. The molecule has 12 rings (SSSR count). The fourth-order valence-electron chi connectivity index (χ4n) is 8.84. The summed E-state index contributed by atoms with van der Waals surface area (Å²) in [7, 11) is 0. The van der Waals surface area contributed by atoms with Gasteiger partial charge in [0.15, 0.2) is 0 Å². The minimum atomic E-state index is 0.879. The summed E-state index contributed by atoms with van der Waals surface area (Å²) in [6.45, 7) is 0. The van der Waals surface area contributed by atoms with Crippen molar-refractivity contribution in [3.8, 4) is 16.8 Å². The van der Waals surface area contributed by atoms with Crippen LogP contribution >= 0.6 is 11.3 Å². The van der Waals surface area contributed by atoms with Crippen molar-refractivity contribution in [2.45, 2.75) is 0 Å². The van der Waals surface area contributed by atoms with Crippen LogP contribution in [0.15, 0.2) is 199 Å². The molecule has 0 saturated carbocycles. The molecule has 3 nitrogen and oxygen atoms in total. The van der Waals surface area contributed by atoms with Gasteiger partial charge in [-0.2, -0.15) is 0 Å². The third-order valence-corrected chi connectivity index (χ3v) is 12.5. The lowest BCUT2D eigenvalue weighted by molar-refractivity contribution is 0.669. The Kier molecular flexibility index (Phi) is 6.80. The molecule has 262 valence electrons. The molecule has 0 bridgehead atoms. The molecule has 0 aliphatic heterocycles. The van der Waals surface area contributed by atoms with Gasteiger partial charge >= 0.3 is 0 Å². The van der Waals surface area contributed by atoms with Crippen molar-refractivity contribution in [3.05, 3.63) is 194 Å². The second kappa shape index (κ2) is 12.2. The standard InChI is InChI=1S/C52H32N2OS/c1-2-12-35-31-38(29-25-33(35)11-1)54-43-16-6-3-13-39(43)42-32-36(26-30-44(42)54)34-23-27-37(28-24-34)53(45-17-9-20-48-51(45)40-14-4-7-19-47(40)55-48)46-18-10-22-50-52(46)41-15-5-8-21-49(41)56-50/h1-32H. The molecule has 0 fully saturated rings. The highest BCUT2D eigenvalue weighted by atomic mass is 32.1. The van der Waals surface area contributed by atoms with E-state index in [1.807, 2.05) is 17.4 Å². The van der Waals surface area contributed by atoms with Gasteiger partial charge in [-0.1, -0.05) is 115 Å². The van der Waals surface area contributed by atoms with Crippen LogP contribution in [0.2, 0.25) is 0 Å². The molecule has 0 radical (unpaired) electrons. The molecule has 3 heterocycles. The highest BCUT2D eigenvalue weighted by Crippen LogP contribution is 2.48. The number of anilines is 3. The zero-order chi connectivity index (χ0) is 36.7. The Hall–Kier alpha value is -7.14. The van der Waals surface area contributed by atoms with Gasteiger partial charge in [0.25, 0.3) is 0 Å². The Morgan fingerprint density at radius 3 is 1.96 bits per heavy atom. The number of nitrogens with zero attached hydrogens (tertiary/aromatic N) is 2. The lowest BCUT2D eigenvalue weighted by Gasteiger charge is -2.27. The van der Waals surface area contributed by atoms with E-state index in [1.165, 1.54) is 69.6 Å². The number of benzene rings is 9. The molecule has 0 spiro atoms. The van der Waals surface area contributed by atoms with Crippen molar-refractivity contribution >= 4 is 103 Å². The summed E-state index contributed by atoms with van der Waals surface area (Å²) < 4.78 is 11.4. The minimum absolute atomic E-state index is 0.879. The van der Waals surface area contributed by atoms with E-state index in [0.29, 0.717) is 0 Å². The molecule has 56 heavy (non-hydrogen) atoms. The molecule has 9 aromatic carbocycles. The Labute approximate surface area is 326 Å². The normalized spacial score (nSPS) is 11.9. The van der Waals surface area contributed by atoms with E-state index in [1.54, 1.807) is 0 Å². The molecule has 0 saturated heterocycles. The molecular formula is C52H32N2OS. The largest absolute Gasteiger partial charge is 0.456 e. The molecule has 3 aromatic heterocycles. The van der Waals surface area contributed by atoms with E-state index in [-0.39, 0.29) is 0 Å². The Morgan fingerprint density at radius 2 is 1.07 bits per heavy atom. The number of hydrogen-bond donors (Lipinski definition) is 0. The zero-order valence-corrected chi connectivity index (χ0v) is 31.0. The van der Waals surface area contributed by atoms with Crippen LogP contribution in [-0.2, 0) is 0 Å². The molecule has 0 N–H and O–H groups in total. The summed E-state index contributed by atoms with van der Waals surface area (Å²) in [5.41, 5.74) is 11.0. The van der Waals surface area contributed by atoms with Crippen molar-refractivity contribution in [1.29, 1.82) is 0 Å². The van der Waals surface area contributed by atoms with Crippen molar-refractivity contribution in [1.82, 2.24) is 4.57 Å². The summed E-state index contributed by atoms with van der Waals surface area (Å²) in [5.74, 6) is 0. The van der Waals surface area contributed by atoms with E-state index in [2.05, 4.69) is 198 Å². The zero-order valence-electron chi connectivity index (χ0n) is 30.2. The lowest BCUT2D eigenvalue weighted by atomic mass is 10.0. The minimum Gasteiger partial charge on any atom is -0.456 e. The van der Waals surface area contributed by atoms with E-state index in [9.17, 15) is 0 Å². The van der Waals surface area contributed by atoms with Crippen LogP contribution in [-0.4, -0.2) is 4.57 Å². The maximum absolute atomic E-state index is 6.42. The fraction of sp³-hybridized carbons (Fsp3) is 0. The monoisotopic (exact) mass is 732 g/mol. The van der Waals surface area contributed by atoms with Crippen molar-refractivity contribution in [3.63, 3.8) is 0 Å². The van der Waals surface area contributed by atoms with Gasteiger partial charge in [-0.05, 0) is 101 Å². The number of fused-ring (bicyclic) bond motifs is 10. The van der Waals surface area contributed by atoms with Crippen LogP contribution in [0.4, 0.5) is 17.1 Å². The number of para-hydroxylation sites is 2. The first kappa shape index (κ1) is 31.2. The highest BCUT2D eigenvalue weighted by Gasteiger charge is 2.23. The molecule has 0 unspecified atom stereocenters. The van der Waals surface area contributed by atoms with Gasteiger partial charge in [0.05, 0.1) is 27.8 Å². The molecular weight excluding hydrogens is 701 g/mol. The third-order valence-electron chi connectivity index (χ3n) is 11.4. The predicted molar refractivity (Wildman–Crippen MR) is 239 cm³/mol. The average Bonchev–Trinajstić information content (AvgIpc) is 3.94. The number of furan rings is 1. The fourth-order valence-corrected chi connectivity index (χ4v) is 9.97. The summed E-state index contributed by atoms with van der Waals surface area (Å²) in [6, 6.07) is 70.3. The second-order valence-corrected chi connectivity index (χ2v) is 15.6. The molecule has 0 aliphatic carbocycles. The lowest BCUT2D eigenvalue weighted by Crippen LogP contribution is -2.10. The van der Waals surface area contributed by atoms with Crippen molar-refractivity contribution in [2.75, 3.05) is 4.90 Å². The molecule has 4 heteroatoms. The van der Waals surface area contributed by atoms with Gasteiger partial charge in [-0.15, -0.1) is 11.3 Å². The first-order valence-corrected chi connectivity index (χ1v) is 19.8. The van der Waals surface area contributed by atoms with Crippen molar-refractivity contribution < 1.29 is 4.42 Å². The maximum Gasteiger partial charge on any atom is 0.137 e. The molecule has 0 aliphatic rings. The molecule has 0 amide bonds. The highest BCUT2D eigenvalue weighted by molar-refractivity contribution is 7.26. The van der Waals surface area contributed by atoms with E-state index in [4.69, 9.17) is 4.42 Å². The summed E-state index contributed by atoms with van der Waals surface area (Å²) in [4.78, 5) is 2.43. The first-order valence-electron chi connectivity index (χ1n) is 19.0. The van der Waals surface area contributed by atoms with Crippen LogP contribution in [0.5, 0.6) is 0 Å². The van der Waals surface area contributed by atoms with Crippen LogP contribution < -0.4 is 4.90 Å². The number of aromatic nitrogens is 1. The predicted octanol–water partition coefficient (Wildman–Crippen LogP) is 15.3. The van der Waals surface area contributed by atoms with Crippen LogP contribution in [0.1, 0.15) is 0 Å². The van der Waals surface area contributed by atoms with Gasteiger partial charge in [0.2, 0.25) is 0 Å². The van der Waals surface area contributed by atoms with Crippen molar-refractivity contribution in [2.24, 2.45) is 0 Å².